The van der Waals surface area contributed by atoms with Gasteiger partial charge in [-0.05, 0) is 44.6 Å². The summed E-state index contributed by atoms with van der Waals surface area (Å²) in [6, 6.07) is 4.25. The number of nitro benzene ring substituents is 1. The van der Waals surface area contributed by atoms with Crippen LogP contribution in [0.15, 0.2) is 23.0 Å². The molecule has 3 N–H and O–H groups in total. The van der Waals surface area contributed by atoms with E-state index in [0.717, 1.165) is 62.9 Å². The predicted molar refractivity (Wildman–Crippen MR) is 123 cm³/mol. The fraction of sp³-hybridized carbons (Fsp3) is 0.500. The van der Waals surface area contributed by atoms with Gasteiger partial charge in [-0.3, -0.25) is 29.6 Å². The number of ether oxygens (including phenoxy) is 1. The third kappa shape index (κ3) is 5.48. The van der Waals surface area contributed by atoms with Crippen molar-refractivity contribution in [1.29, 1.82) is 0 Å². The third-order valence-electron chi connectivity index (χ3n) is 6.16. The molecule has 1 aliphatic heterocycles. The third-order valence-corrected chi connectivity index (χ3v) is 6.16. The van der Waals surface area contributed by atoms with E-state index in [-0.39, 0.29) is 35.5 Å². The number of nitrogens with zero attached hydrogens (tertiary/aromatic N) is 3. The number of methoxy groups -OCH3 is 1. The summed E-state index contributed by atoms with van der Waals surface area (Å²) < 4.78 is 5.17. The first-order chi connectivity index (χ1) is 15.9. The lowest BCUT2D eigenvalue weighted by Crippen LogP contribution is -2.43. The lowest BCUT2D eigenvalue weighted by atomic mass is 9.97. The Morgan fingerprint density at radius 2 is 2.06 bits per heavy atom. The molecule has 1 aromatic heterocycles. The number of hydrogen-bond donors (Lipinski definition) is 3. The molecule has 1 amide bonds. The molecule has 11 heteroatoms. The van der Waals surface area contributed by atoms with Crippen molar-refractivity contribution in [3.63, 3.8) is 0 Å². The highest BCUT2D eigenvalue weighted by molar-refractivity contribution is 5.93. The highest BCUT2D eigenvalue weighted by atomic mass is 16.6. The number of nitro groups is 1. The minimum atomic E-state index is -0.512. The largest absolute Gasteiger partial charge is 0.494 e. The number of aryl methyl sites for hydroxylation is 1. The van der Waals surface area contributed by atoms with Crippen LogP contribution in [0, 0.1) is 10.1 Å². The van der Waals surface area contributed by atoms with Crippen molar-refractivity contribution >= 4 is 23.2 Å². The second-order valence-electron chi connectivity index (χ2n) is 8.43. The van der Waals surface area contributed by atoms with Crippen molar-refractivity contribution in [3.05, 3.63) is 49.9 Å². The number of anilines is 2. The lowest BCUT2D eigenvalue weighted by Gasteiger charge is -2.32. The van der Waals surface area contributed by atoms with Gasteiger partial charge in [0.05, 0.1) is 36.0 Å². The molecule has 33 heavy (non-hydrogen) atoms. The van der Waals surface area contributed by atoms with Crippen molar-refractivity contribution < 1.29 is 14.5 Å². The zero-order valence-electron chi connectivity index (χ0n) is 18.6. The van der Waals surface area contributed by atoms with Gasteiger partial charge < -0.3 is 15.4 Å². The Kier molecular flexibility index (Phi) is 6.87. The predicted octanol–water partition coefficient (Wildman–Crippen LogP) is 2.08. The number of nitrogens with one attached hydrogen (secondary N) is 3. The molecule has 0 unspecified atom stereocenters. The van der Waals surface area contributed by atoms with Crippen molar-refractivity contribution in [2.75, 3.05) is 37.4 Å². The fourth-order valence-electron chi connectivity index (χ4n) is 4.39. The molecule has 176 valence electrons. The topological polar surface area (TPSA) is 142 Å². The number of hydrogen-bond acceptors (Lipinski definition) is 8. The number of aromatic nitrogens is 2. The first-order valence-corrected chi connectivity index (χ1v) is 11.2. The summed E-state index contributed by atoms with van der Waals surface area (Å²) in [5.41, 5.74) is 1.97. The molecule has 0 atom stereocenters. The van der Waals surface area contributed by atoms with Crippen LogP contribution in [0.3, 0.4) is 0 Å². The van der Waals surface area contributed by atoms with E-state index in [2.05, 4.69) is 25.5 Å². The van der Waals surface area contributed by atoms with E-state index in [4.69, 9.17) is 4.74 Å². The number of non-ortho nitro benzene ring substituents is 1. The van der Waals surface area contributed by atoms with Gasteiger partial charge in [0, 0.05) is 30.8 Å². The molecule has 0 bridgehead atoms. The van der Waals surface area contributed by atoms with Crippen LogP contribution in [0.2, 0.25) is 0 Å². The summed E-state index contributed by atoms with van der Waals surface area (Å²) in [6.45, 7) is 1.65. The highest BCUT2D eigenvalue weighted by Gasteiger charge is 2.23. The van der Waals surface area contributed by atoms with Crippen molar-refractivity contribution in [2.24, 2.45) is 0 Å². The zero-order valence-corrected chi connectivity index (χ0v) is 18.6. The van der Waals surface area contributed by atoms with E-state index in [1.807, 2.05) is 0 Å². The number of amides is 1. The van der Waals surface area contributed by atoms with Crippen LogP contribution in [-0.4, -0.2) is 58.5 Å². The Hall–Kier alpha value is -3.47. The normalized spacial score (nSPS) is 16.6. The number of carbonyl (C=O) groups excluding carboxylic acids is 1. The van der Waals surface area contributed by atoms with Crippen LogP contribution in [0.25, 0.3) is 0 Å². The quantitative estimate of drug-likeness (QED) is 0.425. The molecule has 0 saturated carbocycles. The number of H-pyrrole nitrogens is 1. The Morgan fingerprint density at radius 3 is 2.79 bits per heavy atom. The van der Waals surface area contributed by atoms with Crippen LogP contribution in [-0.2, 0) is 17.6 Å². The van der Waals surface area contributed by atoms with Gasteiger partial charge in [-0.1, -0.05) is 0 Å². The van der Waals surface area contributed by atoms with Gasteiger partial charge >= 0.3 is 0 Å². The maximum Gasteiger partial charge on any atom is 0.273 e. The maximum atomic E-state index is 12.5. The summed E-state index contributed by atoms with van der Waals surface area (Å²) in [5, 5.41) is 17.0. The first kappa shape index (κ1) is 22.7. The zero-order chi connectivity index (χ0) is 23.4. The van der Waals surface area contributed by atoms with Crippen molar-refractivity contribution in [3.8, 4) is 5.75 Å². The number of fused-ring (bicyclic) bond motifs is 1. The summed E-state index contributed by atoms with van der Waals surface area (Å²) in [7, 11) is 1.40. The van der Waals surface area contributed by atoms with Crippen LogP contribution < -0.4 is 20.9 Å². The SMILES string of the molecule is COc1cc([N+](=O)[O-])ccc1NC(=O)CN1CCC(Nc2nc3c(c(=O)[nH]2)CCCC3)CC1. The van der Waals surface area contributed by atoms with Gasteiger partial charge in [0.2, 0.25) is 11.9 Å². The molecule has 1 aliphatic carbocycles. The number of likely N-dealkylation sites (tertiary alicyclic amines) is 1. The van der Waals surface area contributed by atoms with Crippen molar-refractivity contribution in [2.45, 2.75) is 44.6 Å². The molecule has 1 fully saturated rings. The Bertz CT molecular complexity index is 1090. The van der Waals surface area contributed by atoms with E-state index in [1.165, 1.54) is 25.3 Å². The standard InChI is InChI=1S/C22H28N6O5/c1-33-19-12-15(28(31)32)6-7-18(19)24-20(29)13-27-10-8-14(9-11-27)23-22-25-17-5-3-2-4-16(17)21(30)26-22/h6-7,12,14H,2-5,8-11,13H2,1H3,(H,24,29)(H2,23,25,26,30). The number of benzene rings is 1. The van der Waals surface area contributed by atoms with Gasteiger partial charge in [0.1, 0.15) is 5.75 Å². The molecule has 1 saturated heterocycles. The smallest absolute Gasteiger partial charge is 0.273 e. The van der Waals surface area contributed by atoms with Crippen LogP contribution in [0.5, 0.6) is 5.75 Å². The van der Waals surface area contributed by atoms with E-state index in [0.29, 0.717) is 11.6 Å². The van der Waals surface area contributed by atoms with Crippen LogP contribution in [0.4, 0.5) is 17.3 Å². The molecular formula is C22H28N6O5. The van der Waals surface area contributed by atoms with Gasteiger partial charge in [-0.2, -0.15) is 0 Å². The molecule has 0 spiro atoms. The van der Waals surface area contributed by atoms with E-state index in [9.17, 15) is 19.7 Å². The Labute approximate surface area is 190 Å². The summed E-state index contributed by atoms with van der Waals surface area (Å²) in [4.78, 5) is 44.8. The minimum absolute atomic E-state index is 0.0435. The highest BCUT2D eigenvalue weighted by Crippen LogP contribution is 2.29. The van der Waals surface area contributed by atoms with Gasteiger partial charge in [-0.15, -0.1) is 0 Å². The summed E-state index contributed by atoms with van der Waals surface area (Å²) in [5.74, 6) is 0.559. The molecule has 11 nitrogen and oxygen atoms in total. The van der Waals surface area contributed by atoms with Gasteiger partial charge in [-0.25, -0.2) is 4.98 Å². The summed E-state index contributed by atoms with van der Waals surface area (Å²) in [6.07, 6.45) is 5.37. The summed E-state index contributed by atoms with van der Waals surface area (Å²) >= 11 is 0. The van der Waals surface area contributed by atoms with E-state index >= 15 is 0 Å². The number of piperidine rings is 1. The second-order valence-corrected chi connectivity index (χ2v) is 8.43. The molecule has 2 heterocycles. The molecule has 4 rings (SSSR count). The number of rotatable bonds is 7. The molecule has 1 aromatic carbocycles. The van der Waals surface area contributed by atoms with E-state index in [1.54, 1.807) is 0 Å². The molecule has 2 aliphatic rings. The van der Waals surface area contributed by atoms with Crippen LogP contribution in [0.1, 0.15) is 36.9 Å². The average molecular weight is 457 g/mol. The minimum Gasteiger partial charge on any atom is -0.494 e. The number of aromatic amines is 1. The maximum absolute atomic E-state index is 12.5. The lowest BCUT2D eigenvalue weighted by molar-refractivity contribution is -0.384. The van der Waals surface area contributed by atoms with Crippen molar-refractivity contribution in [1.82, 2.24) is 14.9 Å². The second kappa shape index (κ2) is 9.99. The Balaban J connectivity index is 1.28. The molecular weight excluding hydrogens is 428 g/mol. The molecule has 2 aromatic rings. The average Bonchev–Trinajstić information content (AvgIpc) is 2.80. The van der Waals surface area contributed by atoms with E-state index < -0.39 is 4.92 Å². The first-order valence-electron chi connectivity index (χ1n) is 11.2. The monoisotopic (exact) mass is 456 g/mol. The fourth-order valence-corrected chi connectivity index (χ4v) is 4.39. The Morgan fingerprint density at radius 1 is 1.30 bits per heavy atom. The van der Waals surface area contributed by atoms with Gasteiger partial charge in [0.25, 0.3) is 11.2 Å². The van der Waals surface area contributed by atoms with Gasteiger partial charge in [0.15, 0.2) is 0 Å². The van der Waals surface area contributed by atoms with Crippen LogP contribution >= 0.6 is 0 Å². The number of carbonyl (C=O) groups is 1. The molecule has 0 radical (unpaired) electrons.